The summed E-state index contributed by atoms with van der Waals surface area (Å²) in [5.41, 5.74) is -1.08. The lowest BCUT2D eigenvalue weighted by Crippen LogP contribution is -2.66. The summed E-state index contributed by atoms with van der Waals surface area (Å²) in [6.07, 6.45) is 0. The molecular weight excluding hydrogens is 206 g/mol. The van der Waals surface area contributed by atoms with Crippen LogP contribution in [-0.2, 0) is 9.53 Å². The molecule has 4 heteroatoms. The number of nitrogens with zero attached hydrogens (tertiary/aromatic N) is 1. The zero-order valence-corrected chi connectivity index (χ0v) is 10.9. The number of hydrogen-bond acceptors (Lipinski definition) is 4. The number of methoxy groups -OCH3 is 1. The topological polar surface area (TPSA) is 49.8 Å². The zero-order valence-electron chi connectivity index (χ0n) is 10.9. The molecule has 0 unspecified atom stereocenters. The predicted octanol–water partition coefficient (Wildman–Crippen LogP) is 0.888. The second-order valence-corrected chi connectivity index (χ2v) is 5.78. The molecule has 0 aliphatic carbocycles. The van der Waals surface area contributed by atoms with E-state index in [-0.39, 0.29) is 11.9 Å². The summed E-state index contributed by atoms with van der Waals surface area (Å²) in [6, 6.07) is 0. The molecule has 0 aromatic heterocycles. The molecule has 1 N–H and O–H groups in total. The average molecular weight is 229 g/mol. The zero-order chi connectivity index (χ0) is 12.6. The molecular formula is C12H23NO3. The van der Waals surface area contributed by atoms with Crippen molar-refractivity contribution in [3.8, 4) is 0 Å². The van der Waals surface area contributed by atoms with Crippen LogP contribution in [0.25, 0.3) is 0 Å². The monoisotopic (exact) mass is 229 g/mol. The van der Waals surface area contributed by atoms with Gasteiger partial charge in [-0.25, -0.2) is 0 Å². The van der Waals surface area contributed by atoms with Crippen LogP contribution in [-0.4, -0.2) is 48.3 Å². The molecule has 16 heavy (non-hydrogen) atoms. The Kier molecular flexibility index (Phi) is 3.65. The Morgan fingerprint density at radius 1 is 1.50 bits per heavy atom. The van der Waals surface area contributed by atoms with E-state index in [1.165, 1.54) is 7.11 Å². The smallest absolute Gasteiger partial charge is 0.312 e. The van der Waals surface area contributed by atoms with Crippen molar-refractivity contribution in [1.29, 1.82) is 0 Å². The number of β-amino-alcohol motifs (C(OH)–C–C–N with tert-alkyl or cyclic N) is 1. The summed E-state index contributed by atoms with van der Waals surface area (Å²) in [6.45, 7) is 9.69. The second kappa shape index (κ2) is 4.34. The van der Waals surface area contributed by atoms with E-state index in [0.29, 0.717) is 19.6 Å². The van der Waals surface area contributed by atoms with E-state index in [1.807, 2.05) is 27.7 Å². The Balaban J connectivity index is 2.46. The Labute approximate surface area is 97.6 Å². The van der Waals surface area contributed by atoms with Gasteiger partial charge in [-0.05, 0) is 19.8 Å². The van der Waals surface area contributed by atoms with Crippen molar-refractivity contribution in [2.24, 2.45) is 11.3 Å². The lowest BCUT2D eigenvalue weighted by Gasteiger charge is -2.50. The molecule has 94 valence electrons. The Hall–Kier alpha value is -0.610. The number of aliphatic hydroxyl groups is 1. The van der Waals surface area contributed by atoms with Gasteiger partial charge in [0.2, 0.25) is 0 Å². The fourth-order valence-electron chi connectivity index (χ4n) is 2.10. The van der Waals surface area contributed by atoms with Crippen molar-refractivity contribution in [2.75, 3.05) is 26.7 Å². The van der Waals surface area contributed by atoms with Gasteiger partial charge in [0.15, 0.2) is 0 Å². The predicted molar refractivity (Wildman–Crippen MR) is 62.0 cm³/mol. The summed E-state index contributed by atoms with van der Waals surface area (Å²) in [5.74, 6) is 0.0532. The summed E-state index contributed by atoms with van der Waals surface area (Å²) >= 11 is 0. The highest BCUT2D eigenvalue weighted by Crippen LogP contribution is 2.31. The Morgan fingerprint density at radius 3 is 2.38 bits per heavy atom. The van der Waals surface area contributed by atoms with Gasteiger partial charge in [0.25, 0.3) is 0 Å². The third kappa shape index (κ3) is 2.55. The van der Waals surface area contributed by atoms with Crippen LogP contribution in [0.5, 0.6) is 0 Å². The van der Waals surface area contributed by atoms with E-state index in [1.54, 1.807) is 0 Å². The van der Waals surface area contributed by atoms with Gasteiger partial charge in [0, 0.05) is 19.6 Å². The van der Waals surface area contributed by atoms with Crippen LogP contribution in [0.3, 0.4) is 0 Å². The molecule has 1 saturated heterocycles. The van der Waals surface area contributed by atoms with Gasteiger partial charge < -0.3 is 9.84 Å². The summed E-state index contributed by atoms with van der Waals surface area (Å²) in [4.78, 5) is 13.6. The molecule has 4 nitrogen and oxygen atoms in total. The first-order valence-electron chi connectivity index (χ1n) is 5.74. The number of carbonyl (C=O) groups is 1. The first-order chi connectivity index (χ1) is 7.21. The molecule has 0 radical (unpaired) electrons. The number of hydrogen-bond donors (Lipinski definition) is 1. The minimum absolute atomic E-state index is 0.201. The van der Waals surface area contributed by atoms with Crippen molar-refractivity contribution in [3.63, 3.8) is 0 Å². The number of esters is 1. The fraction of sp³-hybridized carbons (Fsp3) is 0.917. The van der Waals surface area contributed by atoms with Crippen molar-refractivity contribution in [3.05, 3.63) is 0 Å². The second-order valence-electron chi connectivity index (χ2n) is 5.78. The third-order valence-corrected chi connectivity index (χ3v) is 3.43. The molecule has 1 aliphatic heterocycles. The summed E-state index contributed by atoms with van der Waals surface area (Å²) in [7, 11) is 1.41. The Morgan fingerprint density at radius 2 is 2.00 bits per heavy atom. The molecule has 1 aliphatic rings. The van der Waals surface area contributed by atoms with Crippen LogP contribution < -0.4 is 0 Å². The van der Waals surface area contributed by atoms with Gasteiger partial charge in [-0.3, -0.25) is 9.69 Å². The number of carbonyl (C=O) groups excluding carboxylic acids is 1. The van der Waals surface area contributed by atoms with Gasteiger partial charge in [0.1, 0.15) is 0 Å². The highest BCUT2D eigenvalue weighted by Gasteiger charge is 2.46. The van der Waals surface area contributed by atoms with Crippen LogP contribution in [0.2, 0.25) is 0 Å². The van der Waals surface area contributed by atoms with E-state index in [4.69, 9.17) is 4.74 Å². The summed E-state index contributed by atoms with van der Waals surface area (Å²) < 4.78 is 4.76. The standard InChI is InChI=1S/C12H23NO3/c1-9(2)12(15)7-13(8-12)6-11(3,4)10(14)16-5/h9,15H,6-8H2,1-5H3. The maximum Gasteiger partial charge on any atom is 0.312 e. The lowest BCUT2D eigenvalue weighted by atomic mass is 9.81. The van der Waals surface area contributed by atoms with Crippen LogP contribution in [0.4, 0.5) is 0 Å². The molecule has 0 spiro atoms. The van der Waals surface area contributed by atoms with Crippen molar-refractivity contribution in [1.82, 2.24) is 4.90 Å². The van der Waals surface area contributed by atoms with Crippen LogP contribution in [0.15, 0.2) is 0 Å². The van der Waals surface area contributed by atoms with Gasteiger partial charge in [0.05, 0.1) is 18.1 Å². The quantitative estimate of drug-likeness (QED) is 0.727. The highest BCUT2D eigenvalue weighted by atomic mass is 16.5. The molecule has 0 bridgehead atoms. The molecule has 1 heterocycles. The minimum atomic E-state index is -0.577. The van der Waals surface area contributed by atoms with Crippen LogP contribution in [0, 0.1) is 11.3 Å². The van der Waals surface area contributed by atoms with Crippen LogP contribution >= 0.6 is 0 Å². The average Bonchev–Trinajstić information content (AvgIpc) is 2.13. The van der Waals surface area contributed by atoms with E-state index in [0.717, 1.165) is 0 Å². The van der Waals surface area contributed by atoms with Gasteiger partial charge in [-0.1, -0.05) is 13.8 Å². The maximum absolute atomic E-state index is 11.5. The number of ether oxygens (including phenoxy) is 1. The minimum Gasteiger partial charge on any atom is -0.469 e. The highest BCUT2D eigenvalue weighted by molar-refractivity contribution is 5.76. The first kappa shape index (κ1) is 13.5. The molecule has 0 aromatic rings. The molecule has 0 aromatic carbocycles. The van der Waals surface area contributed by atoms with E-state index < -0.39 is 11.0 Å². The first-order valence-corrected chi connectivity index (χ1v) is 5.74. The van der Waals surface area contributed by atoms with E-state index in [9.17, 15) is 9.90 Å². The largest absolute Gasteiger partial charge is 0.469 e. The lowest BCUT2D eigenvalue weighted by molar-refractivity contribution is -0.162. The van der Waals surface area contributed by atoms with Gasteiger partial charge in [-0.2, -0.15) is 0 Å². The van der Waals surface area contributed by atoms with Crippen molar-refractivity contribution >= 4 is 5.97 Å². The normalized spacial score (nSPS) is 20.7. The summed E-state index contributed by atoms with van der Waals surface area (Å²) in [5, 5.41) is 10.1. The molecule has 0 atom stereocenters. The maximum atomic E-state index is 11.5. The van der Waals surface area contributed by atoms with E-state index in [2.05, 4.69) is 4.90 Å². The van der Waals surface area contributed by atoms with Crippen molar-refractivity contribution in [2.45, 2.75) is 33.3 Å². The van der Waals surface area contributed by atoms with Crippen LogP contribution in [0.1, 0.15) is 27.7 Å². The number of likely N-dealkylation sites (tertiary alicyclic amines) is 1. The fourth-order valence-corrected chi connectivity index (χ4v) is 2.10. The molecule has 0 saturated carbocycles. The Bertz CT molecular complexity index is 267. The van der Waals surface area contributed by atoms with Crippen molar-refractivity contribution < 1.29 is 14.6 Å². The van der Waals surface area contributed by atoms with Gasteiger partial charge in [-0.15, -0.1) is 0 Å². The van der Waals surface area contributed by atoms with E-state index >= 15 is 0 Å². The van der Waals surface area contributed by atoms with Gasteiger partial charge >= 0.3 is 5.97 Å². The SMILES string of the molecule is COC(=O)C(C)(C)CN1CC(O)(C(C)C)C1. The third-order valence-electron chi connectivity index (χ3n) is 3.43. The number of rotatable bonds is 4. The molecule has 1 rings (SSSR count). The molecule has 1 fully saturated rings. The molecule has 0 amide bonds.